The largest absolute Gasteiger partial charge is 0.494 e. The molecular weight excluding hydrogens is 354 g/mol. The first kappa shape index (κ1) is 19.6. The Balaban J connectivity index is 1.22. The predicted octanol–water partition coefficient (Wildman–Crippen LogP) is 7.31. The van der Waals surface area contributed by atoms with E-state index in [1.54, 1.807) is 0 Å². The molecule has 0 aromatic heterocycles. The van der Waals surface area contributed by atoms with Crippen molar-refractivity contribution in [3.05, 3.63) is 84.4 Å². The molecule has 3 aromatic rings. The average Bonchev–Trinajstić information content (AvgIpc) is 2.80. The molecule has 4 rings (SSSR count). The van der Waals surface area contributed by atoms with Gasteiger partial charge in [-0.05, 0) is 53.3 Å². The second kappa shape index (κ2) is 10.2. The first-order valence-electron chi connectivity index (χ1n) is 11.0. The molecule has 0 bridgehead atoms. The van der Waals surface area contributed by atoms with E-state index in [0.29, 0.717) is 0 Å². The van der Waals surface area contributed by atoms with Crippen LogP contribution in [0.3, 0.4) is 0 Å². The number of hydrogen-bond acceptors (Lipinski definition) is 2. The smallest absolute Gasteiger partial charge is 0.119 e. The molecular formula is C27H31NO. The molecule has 0 saturated heterocycles. The van der Waals surface area contributed by atoms with E-state index >= 15 is 0 Å². The van der Waals surface area contributed by atoms with Gasteiger partial charge in [-0.1, -0.05) is 86.7 Å². The van der Waals surface area contributed by atoms with Gasteiger partial charge in [0.25, 0.3) is 0 Å². The van der Waals surface area contributed by atoms with Gasteiger partial charge in [-0.25, -0.2) is 0 Å². The van der Waals surface area contributed by atoms with Gasteiger partial charge in [0.1, 0.15) is 5.75 Å². The van der Waals surface area contributed by atoms with Crippen molar-refractivity contribution in [3.8, 4) is 16.9 Å². The Bertz CT molecular complexity index is 849. The summed E-state index contributed by atoms with van der Waals surface area (Å²) in [6, 6.07) is 27.6. The molecule has 29 heavy (non-hydrogen) atoms. The second-order valence-corrected chi connectivity index (χ2v) is 8.08. The minimum atomic E-state index is 0.816. The maximum Gasteiger partial charge on any atom is 0.119 e. The van der Waals surface area contributed by atoms with E-state index in [4.69, 9.17) is 4.74 Å². The molecule has 1 aliphatic carbocycles. The molecule has 0 amide bonds. The molecule has 0 aliphatic heterocycles. The lowest BCUT2D eigenvalue weighted by molar-refractivity contribution is 0.246. The summed E-state index contributed by atoms with van der Waals surface area (Å²) in [4.78, 5) is 0. The van der Waals surface area contributed by atoms with Crippen LogP contribution in [0.25, 0.3) is 11.1 Å². The highest BCUT2D eigenvalue weighted by Gasteiger charge is 2.13. The lowest BCUT2D eigenvalue weighted by Gasteiger charge is -2.21. The molecule has 1 aliphatic rings. The molecule has 1 saturated carbocycles. The van der Waals surface area contributed by atoms with Crippen molar-refractivity contribution in [2.45, 2.75) is 45.1 Å². The van der Waals surface area contributed by atoms with Crippen molar-refractivity contribution in [2.75, 3.05) is 11.9 Å². The van der Waals surface area contributed by atoms with Gasteiger partial charge >= 0.3 is 0 Å². The minimum absolute atomic E-state index is 0.816. The molecule has 1 fully saturated rings. The summed E-state index contributed by atoms with van der Waals surface area (Å²) in [5, 5.41) is 3.50. The maximum absolute atomic E-state index is 5.95. The Morgan fingerprint density at radius 1 is 0.724 bits per heavy atom. The Kier molecular flexibility index (Phi) is 6.85. The molecule has 0 heterocycles. The quantitative estimate of drug-likeness (QED) is 0.439. The average molecular weight is 386 g/mol. The maximum atomic E-state index is 5.95. The molecule has 0 unspecified atom stereocenters. The molecule has 1 N–H and O–H groups in total. The van der Waals surface area contributed by atoms with Crippen molar-refractivity contribution in [1.29, 1.82) is 0 Å². The highest BCUT2D eigenvalue weighted by Crippen LogP contribution is 2.26. The normalized spacial score (nSPS) is 14.5. The van der Waals surface area contributed by atoms with E-state index in [9.17, 15) is 0 Å². The van der Waals surface area contributed by atoms with Gasteiger partial charge in [0.2, 0.25) is 0 Å². The van der Waals surface area contributed by atoms with Crippen LogP contribution in [0.15, 0.2) is 78.9 Å². The molecule has 150 valence electrons. The molecule has 0 radical (unpaired) electrons. The highest BCUT2D eigenvalue weighted by molar-refractivity contribution is 5.63. The van der Waals surface area contributed by atoms with Crippen LogP contribution in [-0.4, -0.2) is 6.61 Å². The lowest BCUT2D eigenvalue weighted by atomic mass is 9.87. The Labute approximate surface area is 174 Å². The zero-order valence-electron chi connectivity index (χ0n) is 17.1. The predicted molar refractivity (Wildman–Crippen MR) is 122 cm³/mol. The van der Waals surface area contributed by atoms with Crippen molar-refractivity contribution in [3.63, 3.8) is 0 Å². The number of rotatable bonds is 8. The number of nitrogens with one attached hydrogen (secondary N) is 1. The van der Waals surface area contributed by atoms with Crippen LogP contribution in [-0.2, 0) is 6.54 Å². The SMILES string of the molecule is c1ccc(-c2ccc(CNc3ccc(OCCC4CCCCC4)cc3)cc2)cc1. The summed E-state index contributed by atoms with van der Waals surface area (Å²) in [5.74, 6) is 1.84. The van der Waals surface area contributed by atoms with E-state index in [1.165, 1.54) is 55.2 Å². The van der Waals surface area contributed by atoms with Crippen molar-refractivity contribution in [2.24, 2.45) is 5.92 Å². The van der Waals surface area contributed by atoms with Crippen LogP contribution >= 0.6 is 0 Å². The summed E-state index contributed by atoms with van der Waals surface area (Å²) < 4.78 is 5.95. The Morgan fingerprint density at radius 2 is 1.41 bits per heavy atom. The van der Waals surface area contributed by atoms with Gasteiger partial charge in [-0.2, -0.15) is 0 Å². The van der Waals surface area contributed by atoms with Crippen LogP contribution in [0.5, 0.6) is 5.75 Å². The summed E-state index contributed by atoms with van der Waals surface area (Å²) in [5.41, 5.74) is 4.91. The minimum Gasteiger partial charge on any atom is -0.494 e. The third-order valence-corrected chi connectivity index (χ3v) is 5.93. The van der Waals surface area contributed by atoms with Crippen molar-refractivity contribution in [1.82, 2.24) is 0 Å². The number of benzene rings is 3. The fraction of sp³-hybridized carbons (Fsp3) is 0.333. The number of hydrogen-bond donors (Lipinski definition) is 1. The number of anilines is 1. The van der Waals surface area contributed by atoms with Gasteiger partial charge in [0.15, 0.2) is 0 Å². The molecule has 2 heteroatoms. The lowest BCUT2D eigenvalue weighted by Crippen LogP contribution is -2.10. The Hall–Kier alpha value is -2.74. The topological polar surface area (TPSA) is 21.3 Å². The zero-order chi connectivity index (χ0) is 19.7. The Morgan fingerprint density at radius 3 is 2.14 bits per heavy atom. The van der Waals surface area contributed by atoms with Gasteiger partial charge in [-0.3, -0.25) is 0 Å². The van der Waals surface area contributed by atoms with Crippen LogP contribution in [0.1, 0.15) is 44.1 Å². The van der Waals surface area contributed by atoms with E-state index in [0.717, 1.165) is 30.5 Å². The fourth-order valence-corrected chi connectivity index (χ4v) is 4.14. The van der Waals surface area contributed by atoms with Crippen LogP contribution < -0.4 is 10.1 Å². The third kappa shape index (κ3) is 5.87. The van der Waals surface area contributed by atoms with E-state index < -0.39 is 0 Å². The zero-order valence-corrected chi connectivity index (χ0v) is 17.1. The third-order valence-electron chi connectivity index (χ3n) is 5.93. The van der Waals surface area contributed by atoms with Gasteiger partial charge < -0.3 is 10.1 Å². The van der Waals surface area contributed by atoms with Crippen LogP contribution in [0.4, 0.5) is 5.69 Å². The highest BCUT2D eigenvalue weighted by atomic mass is 16.5. The monoisotopic (exact) mass is 385 g/mol. The summed E-state index contributed by atoms with van der Waals surface area (Å²) >= 11 is 0. The molecule has 2 nitrogen and oxygen atoms in total. The first-order chi connectivity index (χ1) is 14.4. The molecule has 0 spiro atoms. The van der Waals surface area contributed by atoms with Crippen LogP contribution in [0, 0.1) is 5.92 Å². The van der Waals surface area contributed by atoms with Crippen molar-refractivity contribution < 1.29 is 4.74 Å². The summed E-state index contributed by atoms with van der Waals surface area (Å²) in [7, 11) is 0. The molecule has 3 aromatic carbocycles. The van der Waals surface area contributed by atoms with E-state index in [1.807, 2.05) is 0 Å². The first-order valence-corrected chi connectivity index (χ1v) is 11.0. The van der Waals surface area contributed by atoms with Gasteiger partial charge in [0, 0.05) is 12.2 Å². The van der Waals surface area contributed by atoms with Gasteiger partial charge in [-0.15, -0.1) is 0 Å². The molecule has 0 atom stereocenters. The van der Waals surface area contributed by atoms with E-state index in [2.05, 4.69) is 84.2 Å². The second-order valence-electron chi connectivity index (χ2n) is 8.08. The summed E-state index contributed by atoms with van der Waals surface area (Å²) in [6.07, 6.45) is 8.19. The van der Waals surface area contributed by atoms with Gasteiger partial charge in [0.05, 0.1) is 6.61 Å². The van der Waals surface area contributed by atoms with Crippen molar-refractivity contribution >= 4 is 5.69 Å². The number of ether oxygens (including phenoxy) is 1. The van der Waals surface area contributed by atoms with E-state index in [-0.39, 0.29) is 0 Å². The van der Waals surface area contributed by atoms with Crippen LogP contribution in [0.2, 0.25) is 0 Å². The standard InChI is InChI=1S/C27H31NO/c1-3-7-22(8-4-1)19-20-29-27-17-15-26(16-18-27)28-21-23-11-13-25(14-12-23)24-9-5-2-6-10-24/h2,5-6,9-18,22,28H,1,3-4,7-8,19-21H2. The summed E-state index contributed by atoms with van der Waals surface area (Å²) in [6.45, 7) is 1.65. The fourth-order valence-electron chi connectivity index (χ4n) is 4.14.